The van der Waals surface area contributed by atoms with Gasteiger partial charge in [-0.2, -0.15) is 13.2 Å². The van der Waals surface area contributed by atoms with Gasteiger partial charge in [-0.3, -0.25) is 9.78 Å². The number of H-pyrrole nitrogens is 1. The summed E-state index contributed by atoms with van der Waals surface area (Å²) in [6.07, 6.45) is -2.67. The first-order valence-electron chi connectivity index (χ1n) is 8.13. The fourth-order valence-electron chi connectivity index (χ4n) is 2.34. The third-order valence-corrected chi connectivity index (χ3v) is 4.01. The van der Waals surface area contributed by atoms with Crippen molar-refractivity contribution in [2.24, 2.45) is 0 Å². The van der Waals surface area contributed by atoms with E-state index >= 15 is 0 Å². The molecule has 146 valence electrons. The van der Waals surface area contributed by atoms with Crippen LogP contribution in [0.3, 0.4) is 0 Å². The molecule has 3 rings (SSSR count). The van der Waals surface area contributed by atoms with Gasteiger partial charge in [0.1, 0.15) is 11.5 Å². The van der Waals surface area contributed by atoms with Crippen molar-refractivity contribution in [1.29, 1.82) is 0 Å². The van der Waals surface area contributed by atoms with E-state index in [0.717, 1.165) is 17.7 Å². The van der Waals surface area contributed by atoms with Gasteiger partial charge >= 0.3 is 6.18 Å². The number of rotatable bonds is 6. The lowest BCUT2D eigenvalue weighted by Gasteiger charge is -2.12. The molecule has 0 amide bonds. The monoisotopic (exact) mass is 410 g/mol. The summed E-state index contributed by atoms with van der Waals surface area (Å²) in [7, 11) is 0. The fourth-order valence-corrected chi connectivity index (χ4v) is 2.56. The van der Waals surface area contributed by atoms with Crippen LogP contribution in [0.2, 0.25) is 5.02 Å². The number of aromatic amines is 1. The Balaban J connectivity index is 1.59. The minimum Gasteiger partial charge on any atom is -0.464 e. The molecule has 5 nitrogen and oxygen atoms in total. The molecular weight excluding hydrogens is 397 g/mol. The lowest BCUT2D eigenvalue weighted by Crippen LogP contribution is -2.10. The fraction of sp³-hybridized carbons (Fsp3) is 0.158. The van der Waals surface area contributed by atoms with Gasteiger partial charge in [0.05, 0.1) is 17.2 Å². The van der Waals surface area contributed by atoms with Gasteiger partial charge in [-0.25, -0.2) is 4.98 Å². The van der Waals surface area contributed by atoms with Crippen molar-refractivity contribution >= 4 is 11.6 Å². The number of alkyl halides is 3. The molecular formula is C19H14ClF3N2O3. The summed E-state index contributed by atoms with van der Waals surface area (Å²) in [4.78, 5) is 17.5. The minimum absolute atomic E-state index is 0.0342. The van der Waals surface area contributed by atoms with Crippen molar-refractivity contribution in [1.82, 2.24) is 9.97 Å². The summed E-state index contributed by atoms with van der Waals surface area (Å²) in [5, 5.41) is -0.385. The molecule has 1 aromatic heterocycles. The molecule has 9 heteroatoms. The van der Waals surface area contributed by atoms with E-state index in [1.165, 1.54) is 18.3 Å². The van der Waals surface area contributed by atoms with Crippen LogP contribution >= 0.6 is 11.6 Å². The van der Waals surface area contributed by atoms with Crippen LogP contribution in [0.1, 0.15) is 11.1 Å². The molecule has 2 aromatic carbocycles. The topological polar surface area (TPSA) is 64.2 Å². The average Bonchev–Trinajstić information content (AvgIpc) is 2.64. The van der Waals surface area contributed by atoms with E-state index in [1.807, 2.05) is 0 Å². The normalized spacial score (nSPS) is 11.3. The van der Waals surface area contributed by atoms with E-state index in [2.05, 4.69) is 9.97 Å². The Labute approximate surface area is 162 Å². The lowest BCUT2D eigenvalue weighted by molar-refractivity contribution is -0.137. The molecule has 0 bridgehead atoms. The second kappa shape index (κ2) is 8.35. The van der Waals surface area contributed by atoms with Crippen LogP contribution in [0.25, 0.3) is 0 Å². The highest BCUT2D eigenvalue weighted by Crippen LogP contribution is 2.37. The smallest absolute Gasteiger partial charge is 0.417 e. The minimum atomic E-state index is -4.56. The molecule has 0 saturated heterocycles. The van der Waals surface area contributed by atoms with Crippen LogP contribution in [0.4, 0.5) is 13.2 Å². The Hall–Kier alpha value is -3.00. The van der Waals surface area contributed by atoms with E-state index in [-0.39, 0.29) is 22.3 Å². The molecule has 28 heavy (non-hydrogen) atoms. The third kappa shape index (κ3) is 5.26. The Morgan fingerprint density at radius 2 is 1.75 bits per heavy atom. The number of hydrogen-bond donors (Lipinski definition) is 1. The van der Waals surface area contributed by atoms with Crippen molar-refractivity contribution < 1.29 is 22.6 Å². The standard InChI is InChI=1S/C19H14ClF3N2O3/c20-16-6-5-14(11-15(16)19(21,22)23)28-13-3-1-12(2-4-13)8-10-27-18-24-9-7-17(26)25-18/h1-7,9,11H,8,10H2,(H,24,25,26). The second-order valence-electron chi connectivity index (χ2n) is 5.72. The van der Waals surface area contributed by atoms with Gasteiger partial charge < -0.3 is 9.47 Å². The zero-order valence-corrected chi connectivity index (χ0v) is 15.1. The van der Waals surface area contributed by atoms with Gasteiger partial charge in [-0.15, -0.1) is 0 Å². The number of benzene rings is 2. The highest BCUT2D eigenvalue weighted by Gasteiger charge is 2.33. The quantitative estimate of drug-likeness (QED) is 0.630. The average molecular weight is 411 g/mol. The summed E-state index contributed by atoms with van der Waals surface area (Å²) in [5.74, 6) is 0.418. The predicted octanol–water partition coefficient (Wildman–Crippen LogP) is 4.86. The Morgan fingerprint density at radius 3 is 2.43 bits per heavy atom. The van der Waals surface area contributed by atoms with Crippen molar-refractivity contribution in [3.8, 4) is 17.5 Å². The molecule has 0 aliphatic rings. The number of aromatic nitrogens is 2. The van der Waals surface area contributed by atoms with E-state index in [4.69, 9.17) is 21.1 Å². The number of halogens is 4. The first kappa shape index (κ1) is 19.8. The van der Waals surface area contributed by atoms with Crippen molar-refractivity contribution in [3.05, 3.63) is 81.2 Å². The number of nitrogens with zero attached hydrogens (tertiary/aromatic N) is 1. The number of hydrogen-bond acceptors (Lipinski definition) is 4. The van der Waals surface area contributed by atoms with E-state index in [9.17, 15) is 18.0 Å². The number of nitrogens with one attached hydrogen (secondary N) is 1. The Morgan fingerprint density at radius 1 is 1.04 bits per heavy atom. The van der Waals surface area contributed by atoms with Gasteiger partial charge in [0.15, 0.2) is 0 Å². The van der Waals surface area contributed by atoms with Crippen LogP contribution in [0.5, 0.6) is 17.5 Å². The zero-order chi connectivity index (χ0) is 20.1. The third-order valence-electron chi connectivity index (χ3n) is 3.68. The summed E-state index contributed by atoms with van der Waals surface area (Å²) in [6.45, 7) is 0.291. The number of ether oxygens (including phenoxy) is 2. The van der Waals surface area contributed by atoms with Crippen molar-refractivity contribution in [2.45, 2.75) is 12.6 Å². The van der Waals surface area contributed by atoms with Crippen LogP contribution in [-0.4, -0.2) is 16.6 Å². The van der Waals surface area contributed by atoms with Gasteiger partial charge in [0.25, 0.3) is 11.6 Å². The van der Waals surface area contributed by atoms with E-state index < -0.39 is 11.7 Å². The first-order chi connectivity index (χ1) is 13.3. The lowest BCUT2D eigenvalue weighted by atomic mass is 10.1. The van der Waals surface area contributed by atoms with E-state index in [1.54, 1.807) is 24.3 Å². The molecule has 0 radical (unpaired) electrons. The molecule has 3 aromatic rings. The molecule has 0 spiro atoms. The van der Waals surface area contributed by atoms with Crippen LogP contribution in [-0.2, 0) is 12.6 Å². The summed E-state index contributed by atoms with van der Waals surface area (Å²) < 4.78 is 49.6. The molecule has 0 saturated carbocycles. The SMILES string of the molecule is O=c1ccnc(OCCc2ccc(Oc3ccc(Cl)c(C(F)(F)F)c3)cc2)[nH]1. The molecule has 1 heterocycles. The highest BCUT2D eigenvalue weighted by atomic mass is 35.5. The maximum atomic E-state index is 12.9. The Bertz CT molecular complexity index is 1000. The molecule has 0 aliphatic heterocycles. The molecule has 0 aliphatic carbocycles. The van der Waals surface area contributed by atoms with E-state index in [0.29, 0.717) is 18.8 Å². The maximum absolute atomic E-state index is 12.9. The predicted molar refractivity (Wildman–Crippen MR) is 97.0 cm³/mol. The molecule has 0 fully saturated rings. The summed E-state index contributed by atoms with van der Waals surface area (Å²) >= 11 is 5.59. The van der Waals surface area contributed by atoms with Crippen LogP contribution in [0, 0.1) is 0 Å². The van der Waals surface area contributed by atoms with Gasteiger partial charge in [0.2, 0.25) is 0 Å². The van der Waals surface area contributed by atoms with Crippen LogP contribution in [0.15, 0.2) is 59.5 Å². The highest BCUT2D eigenvalue weighted by molar-refractivity contribution is 6.31. The van der Waals surface area contributed by atoms with Crippen molar-refractivity contribution in [2.75, 3.05) is 6.61 Å². The van der Waals surface area contributed by atoms with Gasteiger partial charge in [0, 0.05) is 18.7 Å². The van der Waals surface area contributed by atoms with Crippen LogP contribution < -0.4 is 15.0 Å². The maximum Gasteiger partial charge on any atom is 0.417 e. The van der Waals surface area contributed by atoms with Gasteiger partial charge in [-0.1, -0.05) is 23.7 Å². The molecule has 0 atom stereocenters. The van der Waals surface area contributed by atoms with Crippen molar-refractivity contribution in [3.63, 3.8) is 0 Å². The molecule has 1 N–H and O–H groups in total. The Kier molecular flexibility index (Phi) is 5.89. The van der Waals surface area contributed by atoms with Gasteiger partial charge in [-0.05, 0) is 35.9 Å². The second-order valence-corrected chi connectivity index (χ2v) is 6.13. The summed E-state index contributed by atoms with van der Waals surface area (Å²) in [5.41, 5.74) is -0.340. The first-order valence-corrected chi connectivity index (χ1v) is 8.51. The zero-order valence-electron chi connectivity index (χ0n) is 14.3. The largest absolute Gasteiger partial charge is 0.464 e. The molecule has 0 unspecified atom stereocenters. The summed E-state index contributed by atoms with van der Waals surface area (Å²) in [6, 6.07) is 11.6.